The van der Waals surface area contributed by atoms with Gasteiger partial charge in [0.05, 0.1) is 28.3 Å². The predicted molar refractivity (Wildman–Crippen MR) is 161 cm³/mol. The summed E-state index contributed by atoms with van der Waals surface area (Å²) in [5.74, 6) is 6.51. The van der Waals surface area contributed by atoms with E-state index in [1.807, 2.05) is 50.8 Å². The molecule has 1 atom stereocenters. The molecule has 1 aromatic carbocycles. The number of hydrogen-bond acceptors (Lipinski definition) is 8. The summed E-state index contributed by atoms with van der Waals surface area (Å²) in [6.45, 7) is 10.7. The van der Waals surface area contributed by atoms with E-state index >= 15 is 0 Å². The molecule has 41 heavy (non-hydrogen) atoms. The molecule has 216 valence electrons. The number of hydrogen-bond donors (Lipinski definition) is 1. The molecule has 3 aromatic heterocycles. The number of anilines is 1. The molecule has 1 fully saturated rings. The van der Waals surface area contributed by atoms with Crippen molar-refractivity contribution in [2.45, 2.75) is 72.2 Å². The molecule has 0 aliphatic carbocycles. The molecule has 4 aromatic rings. The van der Waals surface area contributed by atoms with Crippen molar-refractivity contribution in [2.75, 3.05) is 18.0 Å². The van der Waals surface area contributed by atoms with Crippen molar-refractivity contribution in [3.05, 3.63) is 49.6 Å². The Hall–Kier alpha value is -4.11. The molecule has 1 saturated heterocycles. The molecule has 0 spiro atoms. The van der Waals surface area contributed by atoms with Gasteiger partial charge < -0.3 is 15.0 Å². The third kappa shape index (κ3) is 5.86. The van der Waals surface area contributed by atoms with Crippen molar-refractivity contribution < 1.29 is 9.53 Å². The lowest BCUT2D eigenvalue weighted by Crippen LogP contribution is -2.49. The van der Waals surface area contributed by atoms with Gasteiger partial charge in [-0.2, -0.15) is 4.98 Å². The van der Waals surface area contributed by atoms with Crippen molar-refractivity contribution in [1.29, 1.82) is 0 Å². The third-order valence-electron chi connectivity index (χ3n) is 6.95. The maximum absolute atomic E-state index is 13.9. The first-order valence-corrected chi connectivity index (χ1v) is 14.5. The summed E-state index contributed by atoms with van der Waals surface area (Å²) in [6.07, 6.45) is 1.14. The van der Waals surface area contributed by atoms with Crippen molar-refractivity contribution in [3.63, 3.8) is 0 Å². The topological polar surface area (TPSA) is 116 Å². The molecule has 4 heterocycles. The Bertz CT molecular complexity index is 1810. The number of rotatable bonds is 5. The van der Waals surface area contributed by atoms with Crippen molar-refractivity contribution >= 4 is 44.8 Å². The number of thiazole rings is 1. The number of benzene rings is 1. The van der Waals surface area contributed by atoms with Crippen LogP contribution in [0.4, 0.5) is 10.7 Å². The zero-order valence-electron chi connectivity index (χ0n) is 24.3. The normalized spacial score (nSPS) is 15.7. The smallest absolute Gasteiger partial charge is 0.407 e. The van der Waals surface area contributed by atoms with Crippen molar-refractivity contribution in [1.82, 2.24) is 29.0 Å². The molecule has 1 aliphatic rings. The summed E-state index contributed by atoms with van der Waals surface area (Å²) in [6, 6.07) is 5.63. The summed E-state index contributed by atoms with van der Waals surface area (Å²) in [4.78, 5) is 51.1. The second kappa shape index (κ2) is 11.0. The lowest BCUT2D eigenvalue weighted by Gasteiger charge is -2.34. The lowest BCUT2D eigenvalue weighted by molar-refractivity contribution is 0.0499. The van der Waals surface area contributed by atoms with Crippen LogP contribution in [0.3, 0.4) is 0 Å². The first-order valence-electron chi connectivity index (χ1n) is 13.7. The highest BCUT2D eigenvalue weighted by Crippen LogP contribution is 2.25. The largest absolute Gasteiger partial charge is 0.444 e. The summed E-state index contributed by atoms with van der Waals surface area (Å²) < 4.78 is 10.9. The molecule has 1 aliphatic heterocycles. The van der Waals surface area contributed by atoms with Crippen LogP contribution < -0.4 is 21.5 Å². The van der Waals surface area contributed by atoms with E-state index in [4.69, 9.17) is 9.72 Å². The van der Waals surface area contributed by atoms with E-state index in [0.29, 0.717) is 30.2 Å². The fraction of sp³-hybridized carbons (Fsp3) is 0.483. The van der Waals surface area contributed by atoms with Gasteiger partial charge in [-0.1, -0.05) is 12.0 Å². The molecule has 5 rings (SSSR count). The Balaban J connectivity index is 1.54. The molecular formula is C29H35N7O4S. The number of nitrogens with one attached hydrogen (secondary N) is 1. The lowest BCUT2D eigenvalue weighted by atomic mass is 10.1. The molecule has 1 amide bonds. The van der Waals surface area contributed by atoms with E-state index in [2.05, 4.69) is 22.1 Å². The Morgan fingerprint density at radius 3 is 2.73 bits per heavy atom. The van der Waals surface area contributed by atoms with Gasteiger partial charge >= 0.3 is 11.8 Å². The van der Waals surface area contributed by atoms with E-state index in [9.17, 15) is 14.4 Å². The number of aryl methyl sites for hydroxylation is 2. The minimum Gasteiger partial charge on any atom is -0.444 e. The Kier molecular flexibility index (Phi) is 7.66. The van der Waals surface area contributed by atoms with Gasteiger partial charge in [0.15, 0.2) is 11.2 Å². The Morgan fingerprint density at radius 1 is 1.22 bits per heavy atom. The van der Waals surface area contributed by atoms with Gasteiger partial charge in [0.1, 0.15) is 5.60 Å². The van der Waals surface area contributed by atoms with Gasteiger partial charge in [0.25, 0.3) is 5.56 Å². The standard InChI is InChI=1S/C29H35N7O4S/c1-7-8-14-35-23-24(32-26(35)34-13-9-10-20(17-34)31-27(38)40-29(3,4)5)33(6)28(39)36(25(23)37)16-19-11-12-21-22(15-19)41-18(2)30-21/h11-12,15,20H,9-10,13-14,16-17H2,1-6H3,(H,31,38). The molecule has 1 unspecified atom stereocenters. The highest BCUT2D eigenvalue weighted by molar-refractivity contribution is 7.18. The molecule has 0 bridgehead atoms. The maximum Gasteiger partial charge on any atom is 0.407 e. The zero-order valence-corrected chi connectivity index (χ0v) is 25.1. The zero-order chi connectivity index (χ0) is 29.5. The van der Waals surface area contributed by atoms with E-state index in [1.165, 1.54) is 9.13 Å². The number of aromatic nitrogens is 5. The van der Waals surface area contributed by atoms with Gasteiger partial charge in [-0.15, -0.1) is 17.3 Å². The number of imidazole rings is 1. The van der Waals surface area contributed by atoms with E-state index in [1.54, 1.807) is 29.9 Å². The quantitative estimate of drug-likeness (QED) is 0.362. The van der Waals surface area contributed by atoms with Crippen LogP contribution in [-0.4, -0.2) is 54.5 Å². The number of nitrogens with zero attached hydrogens (tertiary/aromatic N) is 6. The van der Waals surface area contributed by atoms with Gasteiger partial charge in [-0.3, -0.25) is 18.5 Å². The van der Waals surface area contributed by atoms with Crippen molar-refractivity contribution in [3.8, 4) is 11.8 Å². The van der Waals surface area contributed by atoms with Crippen LogP contribution >= 0.6 is 11.3 Å². The second-order valence-corrected chi connectivity index (χ2v) is 12.5. The SMILES string of the molecule is CC#CCn1c(N2CCCC(NC(=O)OC(C)(C)C)C2)nc2c1c(=O)n(Cc1ccc3nc(C)sc3c1)c(=O)n2C. The summed E-state index contributed by atoms with van der Waals surface area (Å²) in [7, 11) is 1.63. The van der Waals surface area contributed by atoms with Gasteiger partial charge in [0.2, 0.25) is 5.95 Å². The number of fused-ring (bicyclic) bond motifs is 2. The fourth-order valence-corrected chi connectivity index (χ4v) is 6.06. The third-order valence-corrected chi connectivity index (χ3v) is 7.89. The molecule has 1 N–H and O–H groups in total. The summed E-state index contributed by atoms with van der Waals surface area (Å²) in [5.41, 5.74) is 0.910. The van der Waals surface area contributed by atoms with Crippen molar-refractivity contribution in [2.24, 2.45) is 7.05 Å². The minimum atomic E-state index is -0.596. The monoisotopic (exact) mass is 577 g/mol. The average Bonchev–Trinajstić information content (AvgIpc) is 3.47. The van der Waals surface area contributed by atoms with Crippen LogP contribution in [0.1, 0.15) is 51.1 Å². The van der Waals surface area contributed by atoms with Gasteiger partial charge in [-0.05, 0) is 65.2 Å². The van der Waals surface area contributed by atoms with E-state index in [-0.39, 0.29) is 19.1 Å². The first-order chi connectivity index (χ1) is 19.4. The molecule has 0 radical (unpaired) electrons. The summed E-state index contributed by atoms with van der Waals surface area (Å²) in [5, 5.41) is 3.92. The van der Waals surface area contributed by atoms with Crippen LogP contribution in [0.2, 0.25) is 0 Å². The van der Waals surface area contributed by atoms with Crippen LogP contribution in [0.5, 0.6) is 0 Å². The first kappa shape index (κ1) is 28.4. The van der Waals surface area contributed by atoms with Gasteiger partial charge in [-0.25, -0.2) is 14.6 Å². The number of alkyl carbamates (subject to hydrolysis) is 1. The Labute approximate surface area is 241 Å². The summed E-state index contributed by atoms with van der Waals surface area (Å²) >= 11 is 1.58. The maximum atomic E-state index is 13.9. The van der Waals surface area contributed by atoms with E-state index in [0.717, 1.165) is 33.6 Å². The number of amides is 1. The van der Waals surface area contributed by atoms with Crippen LogP contribution in [0, 0.1) is 18.8 Å². The van der Waals surface area contributed by atoms with Crippen LogP contribution in [0.25, 0.3) is 21.4 Å². The number of piperidine rings is 1. The average molecular weight is 578 g/mol. The van der Waals surface area contributed by atoms with Gasteiger partial charge in [0, 0.05) is 26.2 Å². The fourth-order valence-electron chi connectivity index (χ4n) is 5.16. The molecular weight excluding hydrogens is 542 g/mol. The molecule has 12 heteroatoms. The molecule has 11 nitrogen and oxygen atoms in total. The Morgan fingerprint density at radius 2 is 2.00 bits per heavy atom. The molecule has 0 saturated carbocycles. The van der Waals surface area contributed by atoms with Crippen LogP contribution in [0.15, 0.2) is 27.8 Å². The van der Waals surface area contributed by atoms with E-state index < -0.39 is 22.9 Å². The predicted octanol–water partition coefficient (Wildman–Crippen LogP) is 3.38. The number of carbonyl (C=O) groups is 1. The highest BCUT2D eigenvalue weighted by Gasteiger charge is 2.29. The number of ether oxygens (including phenoxy) is 1. The van der Waals surface area contributed by atoms with Crippen LogP contribution in [-0.2, 0) is 24.9 Å². The minimum absolute atomic E-state index is 0.125. The highest BCUT2D eigenvalue weighted by atomic mass is 32.1. The second-order valence-electron chi connectivity index (χ2n) is 11.3. The number of carbonyl (C=O) groups excluding carboxylic acids is 1.